The van der Waals surface area contributed by atoms with Crippen LogP contribution in [0.25, 0.3) is 22.1 Å². The van der Waals surface area contributed by atoms with Crippen molar-refractivity contribution in [3.05, 3.63) is 64.0 Å². The zero-order chi connectivity index (χ0) is 18.8. The normalized spacial score (nSPS) is 10.7. The average Bonchev–Trinajstić information content (AvgIpc) is 2.60. The fourth-order valence-electron chi connectivity index (χ4n) is 2.91. The summed E-state index contributed by atoms with van der Waals surface area (Å²) in [6.07, 6.45) is 3.88. The van der Waals surface area contributed by atoms with Crippen molar-refractivity contribution in [3.63, 3.8) is 0 Å². The van der Waals surface area contributed by atoms with Gasteiger partial charge < -0.3 is 19.4 Å². The lowest BCUT2D eigenvalue weighted by Gasteiger charge is -2.14. The van der Waals surface area contributed by atoms with Gasteiger partial charge in [0.25, 0.3) is 0 Å². The standard InChI is InChI=1S/C21H20O5/c1-12(2)4-6-15-14(8-9-18(23)21(15)25-3)17-11-26-19-10-13(22)5-7-16(19)20(17)24/h4-5,7-11,22-23H,6H2,1-3H3. The lowest BCUT2D eigenvalue weighted by Crippen LogP contribution is -2.07. The number of hydrogen-bond donors (Lipinski definition) is 2. The molecular formula is C21H20O5. The van der Waals surface area contributed by atoms with Crippen LogP contribution in [0, 0.1) is 0 Å². The molecule has 0 aliphatic heterocycles. The zero-order valence-corrected chi connectivity index (χ0v) is 14.9. The molecule has 0 spiro atoms. The Balaban J connectivity index is 2.28. The van der Waals surface area contributed by atoms with Gasteiger partial charge >= 0.3 is 0 Å². The van der Waals surface area contributed by atoms with Crippen molar-refractivity contribution < 1.29 is 19.4 Å². The van der Waals surface area contributed by atoms with Crippen LogP contribution in [0.3, 0.4) is 0 Å². The van der Waals surface area contributed by atoms with Crippen molar-refractivity contribution in [2.24, 2.45) is 0 Å². The molecule has 5 nitrogen and oxygen atoms in total. The molecule has 2 N–H and O–H groups in total. The number of aromatic hydroxyl groups is 2. The van der Waals surface area contributed by atoms with E-state index in [4.69, 9.17) is 9.15 Å². The van der Waals surface area contributed by atoms with Gasteiger partial charge in [0.15, 0.2) is 11.5 Å². The highest BCUT2D eigenvalue weighted by Crippen LogP contribution is 2.37. The van der Waals surface area contributed by atoms with Gasteiger partial charge in [0.1, 0.15) is 17.6 Å². The summed E-state index contributed by atoms with van der Waals surface area (Å²) in [6, 6.07) is 7.57. The predicted molar refractivity (Wildman–Crippen MR) is 101 cm³/mol. The van der Waals surface area contributed by atoms with E-state index in [1.807, 2.05) is 19.9 Å². The van der Waals surface area contributed by atoms with Gasteiger partial charge in [-0.25, -0.2) is 0 Å². The van der Waals surface area contributed by atoms with Crippen LogP contribution < -0.4 is 10.2 Å². The fourth-order valence-corrected chi connectivity index (χ4v) is 2.91. The zero-order valence-electron chi connectivity index (χ0n) is 14.9. The van der Waals surface area contributed by atoms with E-state index in [2.05, 4.69) is 0 Å². The van der Waals surface area contributed by atoms with Gasteiger partial charge in [-0.3, -0.25) is 4.79 Å². The molecule has 0 atom stereocenters. The van der Waals surface area contributed by atoms with Gasteiger partial charge in [0.05, 0.1) is 18.1 Å². The molecule has 0 radical (unpaired) electrons. The number of rotatable bonds is 4. The fraction of sp³-hybridized carbons (Fsp3) is 0.190. The van der Waals surface area contributed by atoms with Crippen LogP contribution in [0.15, 0.2) is 57.5 Å². The molecule has 0 saturated carbocycles. The van der Waals surface area contributed by atoms with Gasteiger partial charge in [-0.2, -0.15) is 0 Å². The second kappa shape index (κ2) is 6.96. The maximum Gasteiger partial charge on any atom is 0.200 e. The Morgan fingerprint density at radius 2 is 1.92 bits per heavy atom. The first kappa shape index (κ1) is 17.6. The number of phenolic OH excluding ortho intramolecular Hbond substituents is 2. The van der Waals surface area contributed by atoms with Crippen molar-refractivity contribution in [2.45, 2.75) is 20.3 Å². The molecule has 0 saturated heterocycles. The van der Waals surface area contributed by atoms with Crippen molar-refractivity contribution in [1.29, 1.82) is 0 Å². The minimum Gasteiger partial charge on any atom is -0.508 e. The minimum atomic E-state index is -0.211. The number of phenols is 2. The van der Waals surface area contributed by atoms with Crippen molar-refractivity contribution in [2.75, 3.05) is 7.11 Å². The van der Waals surface area contributed by atoms with Crippen LogP contribution in [0.5, 0.6) is 17.2 Å². The summed E-state index contributed by atoms with van der Waals surface area (Å²) in [6.45, 7) is 3.96. The third-order valence-electron chi connectivity index (χ3n) is 4.21. The summed E-state index contributed by atoms with van der Waals surface area (Å²) in [5.74, 6) is 0.387. The van der Waals surface area contributed by atoms with Crippen LogP contribution in [-0.2, 0) is 6.42 Å². The third kappa shape index (κ3) is 3.16. The van der Waals surface area contributed by atoms with E-state index < -0.39 is 0 Å². The molecule has 3 rings (SSSR count). The Labute approximate surface area is 150 Å². The molecular weight excluding hydrogens is 332 g/mol. The predicted octanol–water partition coefficient (Wildman–Crippen LogP) is 4.39. The van der Waals surface area contributed by atoms with Gasteiger partial charge in [-0.15, -0.1) is 0 Å². The average molecular weight is 352 g/mol. The molecule has 0 bridgehead atoms. The number of allylic oxidation sites excluding steroid dienone is 2. The van der Waals surface area contributed by atoms with Gasteiger partial charge in [-0.05, 0) is 50.1 Å². The molecule has 1 aromatic heterocycles. The van der Waals surface area contributed by atoms with Crippen molar-refractivity contribution in [1.82, 2.24) is 0 Å². The quantitative estimate of drug-likeness (QED) is 0.681. The van der Waals surface area contributed by atoms with E-state index in [9.17, 15) is 15.0 Å². The topological polar surface area (TPSA) is 79.9 Å². The van der Waals surface area contributed by atoms with E-state index in [1.54, 1.807) is 6.07 Å². The molecule has 0 amide bonds. The molecule has 26 heavy (non-hydrogen) atoms. The molecule has 0 unspecified atom stereocenters. The Bertz CT molecular complexity index is 1060. The largest absolute Gasteiger partial charge is 0.508 e. The highest BCUT2D eigenvalue weighted by Gasteiger charge is 2.18. The first-order valence-electron chi connectivity index (χ1n) is 8.19. The van der Waals surface area contributed by atoms with E-state index in [0.29, 0.717) is 39.8 Å². The van der Waals surface area contributed by atoms with Crippen LogP contribution in [0.4, 0.5) is 0 Å². The van der Waals surface area contributed by atoms with Crippen LogP contribution >= 0.6 is 0 Å². The Kier molecular flexibility index (Phi) is 4.71. The van der Waals surface area contributed by atoms with Gasteiger partial charge in [0.2, 0.25) is 5.43 Å². The highest BCUT2D eigenvalue weighted by atomic mass is 16.5. The number of ether oxygens (including phenoxy) is 1. The maximum atomic E-state index is 13.0. The number of hydrogen-bond acceptors (Lipinski definition) is 5. The minimum absolute atomic E-state index is 0.0171. The SMILES string of the molecule is COc1c(O)ccc(-c2coc3cc(O)ccc3c2=O)c1CC=C(C)C. The van der Waals surface area contributed by atoms with Gasteiger partial charge in [0, 0.05) is 11.6 Å². The lowest BCUT2D eigenvalue weighted by atomic mass is 9.95. The van der Waals surface area contributed by atoms with Gasteiger partial charge in [-0.1, -0.05) is 11.6 Å². The van der Waals surface area contributed by atoms with E-state index in [1.165, 1.54) is 37.6 Å². The van der Waals surface area contributed by atoms with Crippen LogP contribution in [-0.4, -0.2) is 17.3 Å². The molecule has 134 valence electrons. The summed E-state index contributed by atoms with van der Waals surface area (Å²) in [5.41, 5.74) is 2.94. The first-order chi connectivity index (χ1) is 12.4. The number of fused-ring (bicyclic) bond motifs is 1. The monoisotopic (exact) mass is 352 g/mol. The smallest absolute Gasteiger partial charge is 0.200 e. The van der Waals surface area contributed by atoms with E-state index in [-0.39, 0.29) is 16.9 Å². The maximum absolute atomic E-state index is 13.0. The lowest BCUT2D eigenvalue weighted by molar-refractivity contribution is 0.370. The Hall–Kier alpha value is -3.21. The third-order valence-corrected chi connectivity index (χ3v) is 4.21. The number of benzene rings is 2. The summed E-state index contributed by atoms with van der Waals surface area (Å²) in [5, 5.41) is 20.1. The summed E-state index contributed by atoms with van der Waals surface area (Å²) < 4.78 is 10.9. The van der Waals surface area contributed by atoms with Crippen LogP contribution in [0.2, 0.25) is 0 Å². The van der Waals surface area contributed by atoms with E-state index in [0.717, 1.165) is 5.57 Å². The highest BCUT2D eigenvalue weighted by molar-refractivity contribution is 5.84. The molecule has 0 fully saturated rings. The first-order valence-corrected chi connectivity index (χ1v) is 8.19. The molecule has 2 aromatic carbocycles. The second-order valence-electron chi connectivity index (χ2n) is 6.29. The van der Waals surface area contributed by atoms with Crippen molar-refractivity contribution in [3.8, 4) is 28.4 Å². The Morgan fingerprint density at radius 3 is 2.62 bits per heavy atom. The second-order valence-corrected chi connectivity index (χ2v) is 6.29. The summed E-state index contributed by atoms with van der Waals surface area (Å²) in [4.78, 5) is 13.0. The number of methoxy groups -OCH3 is 1. The molecule has 0 aliphatic rings. The van der Waals surface area contributed by atoms with Crippen molar-refractivity contribution >= 4 is 11.0 Å². The molecule has 1 heterocycles. The van der Waals surface area contributed by atoms with E-state index >= 15 is 0 Å². The molecule has 3 aromatic rings. The summed E-state index contributed by atoms with van der Waals surface area (Å²) in [7, 11) is 1.48. The summed E-state index contributed by atoms with van der Waals surface area (Å²) >= 11 is 0. The molecule has 0 aliphatic carbocycles. The van der Waals surface area contributed by atoms with Crippen LogP contribution in [0.1, 0.15) is 19.4 Å². The Morgan fingerprint density at radius 1 is 1.15 bits per heavy atom. The molecule has 5 heteroatoms.